The molecule has 2 atom stereocenters. The van der Waals surface area contributed by atoms with Gasteiger partial charge >= 0.3 is 5.97 Å². The van der Waals surface area contributed by atoms with E-state index in [0.29, 0.717) is 5.56 Å². The molecule has 4 nitrogen and oxygen atoms in total. The lowest BCUT2D eigenvalue weighted by molar-refractivity contribution is -0.152. The minimum Gasteiger partial charge on any atom is -0.465 e. The molecule has 1 aromatic carbocycles. The maximum atomic E-state index is 12.2. The Kier molecular flexibility index (Phi) is 5.42. The van der Waals surface area contributed by atoms with E-state index >= 15 is 0 Å². The number of benzene rings is 1. The van der Waals surface area contributed by atoms with Crippen molar-refractivity contribution >= 4 is 17.5 Å². The highest BCUT2D eigenvalue weighted by Crippen LogP contribution is 2.20. The van der Waals surface area contributed by atoms with Gasteiger partial charge in [-0.2, -0.15) is 0 Å². The Morgan fingerprint density at radius 3 is 2.21 bits per heavy atom. The molecule has 0 saturated carbocycles. The molecule has 0 unspecified atom stereocenters. The molecule has 0 aliphatic rings. The topological polar surface area (TPSA) is 60.4 Å². The molecule has 0 aliphatic heterocycles. The van der Waals surface area contributed by atoms with Crippen molar-refractivity contribution in [2.45, 2.75) is 20.8 Å². The van der Waals surface area contributed by atoms with Gasteiger partial charge in [0.05, 0.1) is 6.61 Å². The van der Waals surface area contributed by atoms with Crippen LogP contribution in [0.5, 0.6) is 0 Å². The summed E-state index contributed by atoms with van der Waals surface area (Å²) in [5.74, 6) is -2.97. The van der Waals surface area contributed by atoms with Crippen molar-refractivity contribution < 1.29 is 19.1 Å². The third-order valence-electron chi connectivity index (χ3n) is 2.95. The van der Waals surface area contributed by atoms with Crippen molar-refractivity contribution in [1.29, 1.82) is 0 Å². The van der Waals surface area contributed by atoms with Crippen molar-refractivity contribution in [2.24, 2.45) is 11.8 Å². The second-order valence-electron chi connectivity index (χ2n) is 4.36. The minimum absolute atomic E-state index is 0.189. The SMILES string of the molecule is CCOC(=O)[C@H](C(C)=O)[C@@H](C)C(=O)c1ccccc1. The average Bonchev–Trinajstić information content (AvgIpc) is 2.38. The maximum absolute atomic E-state index is 12.2. The molecular weight excluding hydrogens is 244 g/mol. The van der Waals surface area contributed by atoms with Crippen LogP contribution in [0.1, 0.15) is 31.1 Å². The zero-order chi connectivity index (χ0) is 14.4. The summed E-state index contributed by atoms with van der Waals surface area (Å²) in [4.78, 5) is 35.6. The predicted octanol–water partition coefficient (Wildman–Crippen LogP) is 2.27. The van der Waals surface area contributed by atoms with Crippen LogP contribution in [-0.4, -0.2) is 24.1 Å². The molecule has 19 heavy (non-hydrogen) atoms. The molecule has 0 N–H and O–H groups in total. The maximum Gasteiger partial charge on any atom is 0.317 e. The van der Waals surface area contributed by atoms with Crippen LogP contribution in [0.15, 0.2) is 30.3 Å². The van der Waals surface area contributed by atoms with Gasteiger partial charge in [0.1, 0.15) is 11.7 Å². The number of carbonyl (C=O) groups excluding carboxylic acids is 3. The van der Waals surface area contributed by atoms with E-state index in [-0.39, 0.29) is 18.2 Å². The van der Waals surface area contributed by atoms with Crippen molar-refractivity contribution in [1.82, 2.24) is 0 Å². The Morgan fingerprint density at radius 1 is 1.16 bits per heavy atom. The molecule has 4 heteroatoms. The van der Waals surface area contributed by atoms with Gasteiger partial charge in [-0.05, 0) is 13.8 Å². The van der Waals surface area contributed by atoms with Gasteiger partial charge in [-0.15, -0.1) is 0 Å². The summed E-state index contributed by atoms with van der Waals surface area (Å²) in [5.41, 5.74) is 0.491. The molecule has 0 saturated heterocycles. The summed E-state index contributed by atoms with van der Waals surface area (Å²) in [6.07, 6.45) is 0. The number of hydrogen-bond acceptors (Lipinski definition) is 4. The van der Waals surface area contributed by atoms with Crippen LogP contribution in [0.25, 0.3) is 0 Å². The monoisotopic (exact) mass is 262 g/mol. The van der Waals surface area contributed by atoms with Crippen LogP contribution < -0.4 is 0 Å². The van der Waals surface area contributed by atoms with Crippen LogP contribution in [0.4, 0.5) is 0 Å². The summed E-state index contributed by atoms with van der Waals surface area (Å²) >= 11 is 0. The molecule has 0 bridgehead atoms. The Morgan fingerprint density at radius 2 is 1.74 bits per heavy atom. The first-order chi connectivity index (χ1) is 8.99. The van der Waals surface area contributed by atoms with Crippen molar-refractivity contribution in [3.05, 3.63) is 35.9 Å². The highest BCUT2D eigenvalue weighted by molar-refractivity contribution is 6.06. The van der Waals surface area contributed by atoms with Crippen molar-refractivity contribution in [3.8, 4) is 0 Å². The number of carbonyl (C=O) groups is 3. The second kappa shape index (κ2) is 6.83. The van der Waals surface area contributed by atoms with Crippen LogP contribution >= 0.6 is 0 Å². The van der Waals surface area contributed by atoms with E-state index in [9.17, 15) is 14.4 Å². The molecule has 0 radical (unpaired) electrons. The molecule has 0 aliphatic carbocycles. The third-order valence-corrected chi connectivity index (χ3v) is 2.95. The van der Waals surface area contributed by atoms with E-state index in [2.05, 4.69) is 0 Å². The van der Waals surface area contributed by atoms with Crippen LogP contribution in [0.3, 0.4) is 0 Å². The summed E-state index contributed by atoms with van der Waals surface area (Å²) in [5, 5.41) is 0. The first-order valence-corrected chi connectivity index (χ1v) is 6.25. The molecule has 0 fully saturated rings. The molecule has 0 spiro atoms. The van der Waals surface area contributed by atoms with Gasteiger partial charge < -0.3 is 4.74 Å². The molecule has 102 valence electrons. The van der Waals surface area contributed by atoms with Crippen LogP contribution in [0, 0.1) is 11.8 Å². The Bertz CT molecular complexity index is 464. The lowest BCUT2D eigenvalue weighted by atomic mass is 9.85. The number of rotatable bonds is 6. The fraction of sp³-hybridized carbons (Fsp3) is 0.400. The lowest BCUT2D eigenvalue weighted by Gasteiger charge is -2.18. The van der Waals surface area contributed by atoms with Gasteiger partial charge in [0.15, 0.2) is 5.78 Å². The first-order valence-electron chi connectivity index (χ1n) is 6.25. The van der Waals surface area contributed by atoms with E-state index in [1.54, 1.807) is 44.2 Å². The Balaban J connectivity index is 2.94. The van der Waals surface area contributed by atoms with Gasteiger partial charge in [0.2, 0.25) is 0 Å². The van der Waals surface area contributed by atoms with Gasteiger partial charge in [-0.1, -0.05) is 37.3 Å². The summed E-state index contributed by atoms with van der Waals surface area (Å²) < 4.78 is 4.86. The molecule has 0 aromatic heterocycles. The van der Waals surface area contributed by atoms with Gasteiger partial charge in [0, 0.05) is 11.5 Å². The quantitative estimate of drug-likeness (QED) is 0.448. The number of esters is 1. The lowest BCUT2D eigenvalue weighted by Crippen LogP contribution is -2.34. The fourth-order valence-electron chi connectivity index (χ4n) is 1.97. The normalized spacial score (nSPS) is 13.4. The van der Waals surface area contributed by atoms with Crippen molar-refractivity contribution in [3.63, 3.8) is 0 Å². The second-order valence-corrected chi connectivity index (χ2v) is 4.36. The first kappa shape index (κ1) is 15.1. The third kappa shape index (κ3) is 3.74. The number of Topliss-reactive ketones (excluding diaryl/α,β-unsaturated/α-hetero) is 2. The minimum atomic E-state index is -1.03. The van der Waals surface area contributed by atoms with E-state index in [4.69, 9.17) is 4.74 Å². The highest BCUT2D eigenvalue weighted by atomic mass is 16.5. The van der Waals surface area contributed by atoms with E-state index in [0.717, 1.165) is 0 Å². The van der Waals surface area contributed by atoms with Crippen molar-refractivity contribution in [2.75, 3.05) is 6.61 Å². The molecule has 0 amide bonds. The zero-order valence-corrected chi connectivity index (χ0v) is 11.4. The number of ketones is 2. The summed E-state index contributed by atoms with van der Waals surface area (Å²) in [6, 6.07) is 8.62. The number of ether oxygens (including phenoxy) is 1. The van der Waals surface area contributed by atoms with Crippen LogP contribution in [-0.2, 0) is 14.3 Å². The summed E-state index contributed by atoms with van der Waals surface area (Å²) in [6.45, 7) is 4.74. The fourth-order valence-corrected chi connectivity index (χ4v) is 1.97. The molecule has 1 rings (SSSR count). The molecular formula is C15H18O4. The van der Waals surface area contributed by atoms with Crippen LogP contribution in [0.2, 0.25) is 0 Å². The smallest absolute Gasteiger partial charge is 0.317 e. The Labute approximate surface area is 112 Å². The summed E-state index contributed by atoms with van der Waals surface area (Å²) in [7, 11) is 0. The zero-order valence-electron chi connectivity index (χ0n) is 11.4. The van der Waals surface area contributed by atoms with Gasteiger partial charge in [-0.25, -0.2) is 0 Å². The predicted molar refractivity (Wildman–Crippen MR) is 70.7 cm³/mol. The van der Waals surface area contributed by atoms with E-state index in [1.807, 2.05) is 0 Å². The van der Waals surface area contributed by atoms with Gasteiger partial charge in [-0.3, -0.25) is 14.4 Å². The van der Waals surface area contributed by atoms with E-state index < -0.39 is 17.8 Å². The largest absolute Gasteiger partial charge is 0.465 e. The average molecular weight is 262 g/mol. The Hall–Kier alpha value is -1.97. The number of hydrogen-bond donors (Lipinski definition) is 0. The molecule has 1 aromatic rings. The standard InChI is InChI=1S/C15H18O4/c1-4-19-15(18)13(11(3)16)10(2)14(17)12-8-6-5-7-9-12/h5-10,13H,4H2,1-3H3/t10-,13+/m1/s1. The highest BCUT2D eigenvalue weighted by Gasteiger charge is 2.35. The van der Waals surface area contributed by atoms with Gasteiger partial charge in [0.25, 0.3) is 0 Å². The molecule has 0 heterocycles. The van der Waals surface area contributed by atoms with E-state index in [1.165, 1.54) is 6.92 Å².